The van der Waals surface area contributed by atoms with Crippen molar-refractivity contribution in [2.75, 3.05) is 18.0 Å². The monoisotopic (exact) mass is 255 g/mol. The van der Waals surface area contributed by atoms with Crippen molar-refractivity contribution < 1.29 is 8.42 Å². The maximum absolute atomic E-state index is 11.1. The lowest BCUT2D eigenvalue weighted by molar-refractivity contribution is 0.322. The standard InChI is InChI=1S/C11H17N3O2S/c1-2-11(12)7-14(8-11)9-3-5-10(6-4-9)17(13,15)16/h3-6H,2,7-8,12H2,1H3,(H2,13,15,16). The van der Waals surface area contributed by atoms with E-state index in [4.69, 9.17) is 10.9 Å². The van der Waals surface area contributed by atoms with E-state index in [1.54, 1.807) is 12.1 Å². The highest BCUT2D eigenvalue weighted by Gasteiger charge is 2.37. The number of rotatable bonds is 3. The third-order valence-electron chi connectivity index (χ3n) is 3.25. The molecule has 0 aliphatic carbocycles. The summed E-state index contributed by atoms with van der Waals surface area (Å²) in [5.41, 5.74) is 6.95. The molecule has 17 heavy (non-hydrogen) atoms. The van der Waals surface area contributed by atoms with Crippen LogP contribution in [0.1, 0.15) is 13.3 Å². The summed E-state index contributed by atoms with van der Waals surface area (Å²) in [6, 6.07) is 6.56. The third kappa shape index (κ3) is 2.43. The average Bonchev–Trinajstić information content (AvgIpc) is 2.24. The van der Waals surface area contributed by atoms with Gasteiger partial charge in [-0.25, -0.2) is 13.6 Å². The van der Waals surface area contributed by atoms with E-state index in [0.717, 1.165) is 25.2 Å². The Hall–Kier alpha value is -1.11. The molecule has 0 unspecified atom stereocenters. The molecule has 0 bridgehead atoms. The molecular formula is C11H17N3O2S. The van der Waals surface area contributed by atoms with Gasteiger partial charge in [-0.15, -0.1) is 0 Å². The Morgan fingerprint density at radius 1 is 1.29 bits per heavy atom. The van der Waals surface area contributed by atoms with Gasteiger partial charge < -0.3 is 10.6 Å². The van der Waals surface area contributed by atoms with Crippen LogP contribution in [0.4, 0.5) is 5.69 Å². The lowest BCUT2D eigenvalue weighted by Crippen LogP contribution is -2.67. The van der Waals surface area contributed by atoms with E-state index >= 15 is 0 Å². The number of anilines is 1. The van der Waals surface area contributed by atoms with Crippen molar-refractivity contribution in [1.29, 1.82) is 0 Å². The predicted octanol–water partition coefficient (Wildman–Crippen LogP) is 0.262. The van der Waals surface area contributed by atoms with Gasteiger partial charge in [0.15, 0.2) is 0 Å². The molecular weight excluding hydrogens is 238 g/mol. The van der Waals surface area contributed by atoms with Crippen LogP contribution in [0.2, 0.25) is 0 Å². The molecule has 0 radical (unpaired) electrons. The number of hydrogen-bond acceptors (Lipinski definition) is 4. The van der Waals surface area contributed by atoms with Gasteiger partial charge in [0.2, 0.25) is 10.0 Å². The van der Waals surface area contributed by atoms with Gasteiger partial charge in [-0.1, -0.05) is 6.92 Å². The minimum absolute atomic E-state index is 0.0986. The molecule has 0 aromatic heterocycles. The van der Waals surface area contributed by atoms with Gasteiger partial charge in [0.1, 0.15) is 0 Å². The summed E-state index contributed by atoms with van der Waals surface area (Å²) in [4.78, 5) is 2.26. The van der Waals surface area contributed by atoms with Crippen molar-refractivity contribution in [3.05, 3.63) is 24.3 Å². The molecule has 1 aliphatic rings. The van der Waals surface area contributed by atoms with E-state index in [1.807, 2.05) is 0 Å². The van der Waals surface area contributed by atoms with E-state index in [1.165, 1.54) is 12.1 Å². The van der Waals surface area contributed by atoms with E-state index < -0.39 is 10.0 Å². The molecule has 0 atom stereocenters. The minimum Gasteiger partial charge on any atom is -0.368 e. The Bertz CT molecular complexity index is 504. The molecule has 1 aromatic rings. The van der Waals surface area contributed by atoms with Gasteiger partial charge in [-0.2, -0.15) is 0 Å². The first-order chi connectivity index (χ1) is 7.84. The Kier molecular flexibility index (Phi) is 2.89. The zero-order valence-corrected chi connectivity index (χ0v) is 10.6. The van der Waals surface area contributed by atoms with Gasteiger partial charge in [-0.3, -0.25) is 0 Å². The molecule has 4 N–H and O–H groups in total. The maximum atomic E-state index is 11.1. The molecule has 1 fully saturated rings. The van der Waals surface area contributed by atoms with Gasteiger partial charge in [-0.05, 0) is 30.7 Å². The fraction of sp³-hybridized carbons (Fsp3) is 0.455. The zero-order chi connectivity index (χ0) is 12.7. The third-order valence-corrected chi connectivity index (χ3v) is 4.18. The fourth-order valence-electron chi connectivity index (χ4n) is 1.97. The second kappa shape index (κ2) is 3.97. The van der Waals surface area contributed by atoms with Crippen molar-refractivity contribution >= 4 is 15.7 Å². The van der Waals surface area contributed by atoms with E-state index in [2.05, 4.69) is 11.8 Å². The predicted molar refractivity (Wildman–Crippen MR) is 67.2 cm³/mol. The average molecular weight is 255 g/mol. The molecule has 0 amide bonds. The van der Waals surface area contributed by atoms with E-state index in [9.17, 15) is 8.42 Å². The van der Waals surface area contributed by atoms with Gasteiger partial charge >= 0.3 is 0 Å². The molecule has 94 valence electrons. The lowest BCUT2D eigenvalue weighted by atomic mass is 9.88. The normalized spacial score (nSPS) is 18.9. The van der Waals surface area contributed by atoms with Gasteiger partial charge in [0.25, 0.3) is 0 Å². The second-order valence-corrected chi connectivity index (χ2v) is 6.17. The molecule has 2 rings (SSSR count). The summed E-state index contributed by atoms with van der Waals surface area (Å²) < 4.78 is 22.2. The Morgan fingerprint density at radius 2 is 1.82 bits per heavy atom. The SMILES string of the molecule is CCC1(N)CN(c2ccc(S(N)(=O)=O)cc2)C1. The van der Waals surface area contributed by atoms with Crippen LogP contribution in [-0.4, -0.2) is 27.0 Å². The van der Waals surface area contributed by atoms with Gasteiger partial charge in [0, 0.05) is 18.8 Å². The van der Waals surface area contributed by atoms with Crippen LogP contribution in [0.15, 0.2) is 29.2 Å². The van der Waals surface area contributed by atoms with Crippen LogP contribution >= 0.6 is 0 Å². The van der Waals surface area contributed by atoms with Crippen molar-refractivity contribution in [2.24, 2.45) is 10.9 Å². The van der Waals surface area contributed by atoms with Crippen LogP contribution in [-0.2, 0) is 10.0 Å². The largest absolute Gasteiger partial charge is 0.368 e. The first-order valence-corrected chi connectivity index (χ1v) is 7.05. The highest BCUT2D eigenvalue weighted by atomic mass is 32.2. The van der Waals surface area contributed by atoms with Crippen LogP contribution < -0.4 is 15.8 Å². The van der Waals surface area contributed by atoms with Crippen molar-refractivity contribution in [3.8, 4) is 0 Å². The van der Waals surface area contributed by atoms with Gasteiger partial charge in [0.05, 0.1) is 10.4 Å². The quantitative estimate of drug-likeness (QED) is 0.811. The molecule has 6 heteroatoms. The first kappa shape index (κ1) is 12.3. The molecule has 0 spiro atoms. The minimum atomic E-state index is -3.60. The molecule has 1 aliphatic heterocycles. The number of nitrogens with two attached hydrogens (primary N) is 2. The summed E-state index contributed by atoms with van der Waals surface area (Å²) in [7, 11) is -3.60. The highest BCUT2D eigenvalue weighted by molar-refractivity contribution is 7.89. The number of benzene rings is 1. The first-order valence-electron chi connectivity index (χ1n) is 5.51. The number of sulfonamides is 1. The Labute approximate surface area is 101 Å². The summed E-state index contributed by atoms with van der Waals surface area (Å²) in [5.74, 6) is 0. The van der Waals surface area contributed by atoms with Crippen LogP contribution in [0.3, 0.4) is 0 Å². The van der Waals surface area contributed by atoms with Crippen LogP contribution in [0.25, 0.3) is 0 Å². The number of primary sulfonamides is 1. The highest BCUT2D eigenvalue weighted by Crippen LogP contribution is 2.28. The molecule has 5 nitrogen and oxygen atoms in total. The Balaban J connectivity index is 2.11. The summed E-state index contributed by atoms with van der Waals surface area (Å²) in [6.07, 6.45) is 0.943. The maximum Gasteiger partial charge on any atom is 0.238 e. The smallest absolute Gasteiger partial charge is 0.238 e. The number of nitrogens with zero attached hydrogens (tertiary/aromatic N) is 1. The van der Waals surface area contributed by atoms with Crippen LogP contribution in [0, 0.1) is 0 Å². The van der Waals surface area contributed by atoms with Crippen molar-refractivity contribution in [3.63, 3.8) is 0 Å². The molecule has 1 saturated heterocycles. The second-order valence-electron chi connectivity index (χ2n) is 4.61. The van der Waals surface area contributed by atoms with Crippen LogP contribution in [0.5, 0.6) is 0 Å². The topological polar surface area (TPSA) is 89.4 Å². The van der Waals surface area contributed by atoms with Crippen molar-refractivity contribution in [1.82, 2.24) is 0 Å². The summed E-state index contributed by atoms with van der Waals surface area (Å²) >= 11 is 0. The fourth-order valence-corrected chi connectivity index (χ4v) is 2.48. The summed E-state index contributed by atoms with van der Waals surface area (Å²) in [5, 5.41) is 5.03. The molecule has 0 saturated carbocycles. The van der Waals surface area contributed by atoms with E-state index in [-0.39, 0.29) is 10.4 Å². The molecule has 1 heterocycles. The van der Waals surface area contributed by atoms with E-state index in [0.29, 0.717) is 0 Å². The zero-order valence-electron chi connectivity index (χ0n) is 9.76. The summed E-state index contributed by atoms with van der Waals surface area (Å²) in [6.45, 7) is 3.68. The molecule has 1 aromatic carbocycles. The number of hydrogen-bond donors (Lipinski definition) is 2. The Morgan fingerprint density at radius 3 is 2.24 bits per heavy atom. The lowest BCUT2D eigenvalue weighted by Gasteiger charge is -2.48. The van der Waals surface area contributed by atoms with Crippen molar-refractivity contribution in [2.45, 2.75) is 23.8 Å².